The van der Waals surface area contributed by atoms with Gasteiger partial charge in [0, 0.05) is 45.3 Å². The van der Waals surface area contributed by atoms with Gasteiger partial charge in [-0.2, -0.15) is 0 Å². The van der Waals surface area contributed by atoms with Gasteiger partial charge in [0.25, 0.3) is 0 Å². The number of nitrogens with one attached hydrogen (secondary N) is 2. The lowest BCUT2D eigenvalue weighted by Crippen LogP contribution is -2.42. The number of ether oxygens (including phenoxy) is 3. The first-order valence-electron chi connectivity index (χ1n) is 10.8. The Kier molecular flexibility index (Phi) is 8.41. The second kappa shape index (κ2) is 11.5. The Bertz CT molecular complexity index is 885. The number of rotatable bonds is 9. The minimum absolute atomic E-state index is 0.654. The minimum Gasteiger partial charge on any atom is -0.494 e. The van der Waals surface area contributed by atoms with Crippen LogP contribution in [0.5, 0.6) is 17.2 Å². The number of hydrogen-bond acceptors (Lipinski definition) is 5. The molecule has 1 heterocycles. The van der Waals surface area contributed by atoms with Gasteiger partial charge >= 0.3 is 0 Å². The molecule has 0 aromatic heterocycles. The highest BCUT2D eigenvalue weighted by atomic mass is 16.5. The van der Waals surface area contributed by atoms with E-state index in [4.69, 9.17) is 14.2 Å². The Balaban J connectivity index is 1.48. The third-order valence-corrected chi connectivity index (χ3v) is 5.46. The monoisotopic (exact) mass is 426 g/mol. The van der Waals surface area contributed by atoms with Crippen molar-refractivity contribution < 1.29 is 14.2 Å². The Hall–Kier alpha value is -2.93. The Morgan fingerprint density at radius 3 is 2.48 bits per heavy atom. The molecule has 0 fully saturated rings. The molecule has 0 radical (unpaired) electrons. The maximum Gasteiger partial charge on any atom is 0.191 e. The van der Waals surface area contributed by atoms with Gasteiger partial charge in [-0.05, 0) is 42.7 Å². The highest BCUT2D eigenvalue weighted by Gasteiger charge is 2.19. The average molecular weight is 427 g/mol. The predicted octanol–water partition coefficient (Wildman–Crippen LogP) is 2.83. The molecule has 2 N–H and O–H groups in total. The molecule has 0 atom stereocenters. The number of methoxy groups -OCH3 is 2. The van der Waals surface area contributed by atoms with Crippen molar-refractivity contribution >= 4 is 5.96 Å². The van der Waals surface area contributed by atoms with Crippen LogP contribution in [0.25, 0.3) is 0 Å². The zero-order valence-electron chi connectivity index (χ0n) is 19.0. The molecule has 2 aromatic rings. The summed E-state index contributed by atoms with van der Waals surface area (Å²) in [6.07, 6.45) is 1.01. The van der Waals surface area contributed by atoms with Crippen LogP contribution in [0.15, 0.2) is 41.4 Å². The number of guanidine groups is 1. The topological polar surface area (TPSA) is 67.4 Å². The summed E-state index contributed by atoms with van der Waals surface area (Å²) >= 11 is 0. The SMILES string of the molecule is CCOc1ccccc1CNC(=NC)NCCN1CCc2cc(OC)c(OC)cc2C1. The second-order valence-corrected chi connectivity index (χ2v) is 7.40. The van der Waals surface area contributed by atoms with Gasteiger partial charge in [-0.1, -0.05) is 18.2 Å². The summed E-state index contributed by atoms with van der Waals surface area (Å²) in [5.74, 6) is 3.29. The summed E-state index contributed by atoms with van der Waals surface area (Å²) in [5.41, 5.74) is 3.76. The minimum atomic E-state index is 0.654. The Morgan fingerprint density at radius 2 is 1.77 bits per heavy atom. The standard InChI is InChI=1S/C24H34N4O3/c1-5-31-21-9-7-6-8-19(21)16-27-24(25-2)26-11-13-28-12-10-18-14-22(29-3)23(30-4)15-20(18)17-28/h6-9,14-15H,5,10-13,16-17H2,1-4H3,(H2,25,26,27). The third-order valence-electron chi connectivity index (χ3n) is 5.46. The fraction of sp³-hybridized carbons (Fsp3) is 0.458. The normalized spacial score (nSPS) is 14.0. The zero-order valence-corrected chi connectivity index (χ0v) is 19.0. The van der Waals surface area contributed by atoms with Crippen LogP contribution in [0.4, 0.5) is 0 Å². The molecule has 0 amide bonds. The quantitative estimate of drug-likeness (QED) is 0.475. The molecule has 7 heteroatoms. The van der Waals surface area contributed by atoms with Crippen LogP contribution in [0.1, 0.15) is 23.6 Å². The molecule has 0 saturated carbocycles. The van der Waals surface area contributed by atoms with Crippen molar-refractivity contribution in [2.75, 3.05) is 47.5 Å². The van der Waals surface area contributed by atoms with Gasteiger partial charge < -0.3 is 24.8 Å². The van der Waals surface area contributed by atoms with Crippen molar-refractivity contribution in [3.63, 3.8) is 0 Å². The van der Waals surface area contributed by atoms with Gasteiger partial charge in [0.15, 0.2) is 17.5 Å². The third kappa shape index (κ3) is 6.04. The smallest absolute Gasteiger partial charge is 0.191 e. The molecule has 2 aromatic carbocycles. The number of benzene rings is 2. The van der Waals surface area contributed by atoms with E-state index in [1.807, 2.05) is 25.1 Å². The average Bonchev–Trinajstić information content (AvgIpc) is 2.81. The first-order valence-corrected chi connectivity index (χ1v) is 10.8. The van der Waals surface area contributed by atoms with E-state index < -0.39 is 0 Å². The molecule has 0 saturated heterocycles. The van der Waals surface area contributed by atoms with E-state index in [1.165, 1.54) is 11.1 Å². The van der Waals surface area contributed by atoms with Crippen molar-refractivity contribution in [2.45, 2.75) is 26.4 Å². The summed E-state index contributed by atoms with van der Waals surface area (Å²) in [6.45, 7) is 6.99. The Labute approximate surface area is 185 Å². The fourth-order valence-electron chi connectivity index (χ4n) is 3.81. The molecule has 3 rings (SSSR count). The summed E-state index contributed by atoms with van der Waals surface area (Å²) < 4.78 is 16.6. The molecule has 0 unspecified atom stereocenters. The van der Waals surface area contributed by atoms with E-state index in [2.05, 4.69) is 38.7 Å². The molecule has 1 aliphatic heterocycles. The fourth-order valence-corrected chi connectivity index (χ4v) is 3.81. The van der Waals surface area contributed by atoms with E-state index >= 15 is 0 Å². The Morgan fingerprint density at radius 1 is 1.03 bits per heavy atom. The molecule has 168 valence electrons. The van der Waals surface area contributed by atoms with Crippen molar-refractivity contribution in [1.82, 2.24) is 15.5 Å². The summed E-state index contributed by atoms with van der Waals surface area (Å²) in [6, 6.07) is 12.3. The van der Waals surface area contributed by atoms with Gasteiger partial charge in [-0.25, -0.2) is 0 Å². The maximum absolute atomic E-state index is 5.70. The molecule has 0 bridgehead atoms. The molecule has 31 heavy (non-hydrogen) atoms. The highest BCUT2D eigenvalue weighted by Crippen LogP contribution is 2.33. The molecule has 1 aliphatic rings. The number of aliphatic imine (C=N–C) groups is 1. The van der Waals surface area contributed by atoms with Crippen molar-refractivity contribution in [3.8, 4) is 17.2 Å². The van der Waals surface area contributed by atoms with Gasteiger partial charge in [0.05, 0.1) is 20.8 Å². The first kappa shape index (κ1) is 22.7. The zero-order chi connectivity index (χ0) is 22.1. The summed E-state index contributed by atoms with van der Waals surface area (Å²) in [7, 11) is 5.15. The number of hydrogen-bond donors (Lipinski definition) is 2. The van der Waals surface area contributed by atoms with Crippen LogP contribution in [0, 0.1) is 0 Å². The largest absolute Gasteiger partial charge is 0.494 e. The molecular formula is C24H34N4O3. The highest BCUT2D eigenvalue weighted by molar-refractivity contribution is 5.79. The first-order chi connectivity index (χ1) is 15.2. The number of fused-ring (bicyclic) bond motifs is 1. The van der Waals surface area contributed by atoms with Gasteiger partial charge in [0.2, 0.25) is 0 Å². The lowest BCUT2D eigenvalue weighted by atomic mass is 9.99. The van der Waals surface area contributed by atoms with E-state index in [0.717, 1.165) is 61.4 Å². The van der Waals surface area contributed by atoms with Gasteiger partial charge in [0.1, 0.15) is 5.75 Å². The van der Waals surface area contributed by atoms with Gasteiger partial charge in [-0.15, -0.1) is 0 Å². The van der Waals surface area contributed by atoms with Crippen LogP contribution >= 0.6 is 0 Å². The lowest BCUT2D eigenvalue weighted by Gasteiger charge is -2.29. The molecule has 0 spiro atoms. The van der Waals surface area contributed by atoms with E-state index in [-0.39, 0.29) is 0 Å². The maximum atomic E-state index is 5.70. The van der Waals surface area contributed by atoms with E-state index in [0.29, 0.717) is 13.2 Å². The molecule has 0 aliphatic carbocycles. The summed E-state index contributed by atoms with van der Waals surface area (Å²) in [4.78, 5) is 6.79. The lowest BCUT2D eigenvalue weighted by molar-refractivity contribution is 0.256. The summed E-state index contributed by atoms with van der Waals surface area (Å²) in [5, 5.41) is 6.79. The van der Waals surface area contributed by atoms with Crippen molar-refractivity contribution in [2.24, 2.45) is 4.99 Å². The van der Waals surface area contributed by atoms with Crippen LogP contribution < -0.4 is 24.8 Å². The van der Waals surface area contributed by atoms with Gasteiger partial charge in [-0.3, -0.25) is 9.89 Å². The molecule has 7 nitrogen and oxygen atoms in total. The van der Waals surface area contributed by atoms with Crippen molar-refractivity contribution in [3.05, 3.63) is 53.1 Å². The van der Waals surface area contributed by atoms with Crippen LogP contribution in [-0.2, 0) is 19.5 Å². The predicted molar refractivity (Wildman–Crippen MR) is 124 cm³/mol. The number of para-hydroxylation sites is 1. The molecular weight excluding hydrogens is 392 g/mol. The van der Waals surface area contributed by atoms with Crippen LogP contribution in [-0.4, -0.2) is 58.4 Å². The van der Waals surface area contributed by atoms with Crippen LogP contribution in [0.3, 0.4) is 0 Å². The van der Waals surface area contributed by atoms with Crippen molar-refractivity contribution in [1.29, 1.82) is 0 Å². The second-order valence-electron chi connectivity index (χ2n) is 7.40. The number of nitrogens with zero attached hydrogens (tertiary/aromatic N) is 2. The van der Waals surface area contributed by atoms with E-state index in [1.54, 1.807) is 21.3 Å². The van der Waals surface area contributed by atoms with Crippen LogP contribution in [0.2, 0.25) is 0 Å². The van der Waals surface area contributed by atoms with E-state index in [9.17, 15) is 0 Å².